The average Bonchev–Trinajstić information content (AvgIpc) is 3.06. The van der Waals surface area contributed by atoms with Gasteiger partial charge in [0.05, 0.1) is 27.0 Å². The van der Waals surface area contributed by atoms with Crippen LogP contribution in [0.4, 0.5) is 0 Å². The molecule has 27 heavy (non-hydrogen) atoms. The smallest absolute Gasteiger partial charge is 0.191 e. The maximum Gasteiger partial charge on any atom is 0.191 e. The molecule has 0 saturated carbocycles. The number of benzene rings is 1. The lowest BCUT2D eigenvalue weighted by molar-refractivity contribution is 0.354. The molecule has 0 unspecified atom stereocenters. The first kappa shape index (κ1) is 23.1. The van der Waals surface area contributed by atoms with Crippen LogP contribution in [0.3, 0.4) is 0 Å². The predicted octanol–water partition coefficient (Wildman–Crippen LogP) is 2.62. The van der Waals surface area contributed by atoms with Gasteiger partial charge in [0.25, 0.3) is 0 Å². The Morgan fingerprint density at radius 3 is 2.59 bits per heavy atom. The van der Waals surface area contributed by atoms with E-state index in [1.165, 1.54) is 5.56 Å². The highest BCUT2D eigenvalue weighted by Crippen LogP contribution is 2.27. The molecular weight excluding hydrogens is 457 g/mol. The summed E-state index contributed by atoms with van der Waals surface area (Å²) in [6.45, 7) is 7.17. The highest BCUT2D eigenvalue weighted by molar-refractivity contribution is 14.0. The van der Waals surface area contributed by atoms with Crippen LogP contribution in [0.5, 0.6) is 11.5 Å². The number of methoxy groups -OCH3 is 2. The fourth-order valence-electron chi connectivity index (χ4n) is 2.55. The van der Waals surface area contributed by atoms with E-state index in [4.69, 9.17) is 9.47 Å². The van der Waals surface area contributed by atoms with Gasteiger partial charge in [0.1, 0.15) is 0 Å². The summed E-state index contributed by atoms with van der Waals surface area (Å²) in [5, 5.41) is 10.9. The van der Waals surface area contributed by atoms with E-state index >= 15 is 0 Å². The number of halogens is 1. The third-order valence-electron chi connectivity index (χ3n) is 3.86. The van der Waals surface area contributed by atoms with Gasteiger partial charge in [-0.3, -0.25) is 9.67 Å². The zero-order chi connectivity index (χ0) is 18.8. The SMILES string of the molecule is CCNC(=NCCc1ccc(OC)c(OC)c1)NCCn1cc(C)cn1.I. The van der Waals surface area contributed by atoms with Crippen molar-refractivity contribution in [2.45, 2.75) is 26.8 Å². The van der Waals surface area contributed by atoms with Crippen molar-refractivity contribution in [2.24, 2.45) is 4.99 Å². The third-order valence-corrected chi connectivity index (χ3v) is 3.86. The number of aryl methyl sites for hydroxylation is 1. The molecule has 150 valence electrons. The molecule has 1 heterocycles. The lowest BCUT2D eigenvalue weighted by Crippen LogP contribution is -2.39. The molecule has 2 rings (SSSR count). The van der Waals surface area contributed by atoms with Gasteiger partial charge >= 0.3 is 0 Å². The molecule has 0 aliphatic carbocycles. The van der Waals surface area contributed by atoms with Gasteiger partial charge in [-0.05, 0) is 43.5 Å². The second kappa shape index (κ2) is 12.4. The Bertz CT molecular complexity index is 718. The van der Waals surface area contributed by atoms with Crippen molar-refractivity contribution in [3.8, 4) is 11.5 Å². The van der Waals surface area contributed by atoms with E-state index in [0.29, 0.717) is 6.54 Å². The van der Waals surface area contributed by atoms with Crippen molar-refractivity contribution in [3.05, 3.63) is 41.7 Å². The first-order chi connectivity index (χ1) is 12.7. The van der Waals surface area contributed by atoms with Crippen molar-refractivity contribution < 1.29 is 9.47 Å². The normalized spacial score (nSPS) is 10.9. The Labute approximate surface area is 178 Å². The number of nitrogens with zero attached hydrogens (tertiary/aromatic N) is 3. The highest BCUT2D eigenvalue weighted by atomic mass is 127. The van der Waals surface area contributed by atoms with Gasteiger partial charge in [-0.1, -0.05) is 6.07 Å². The van der Waals surface area contributed by atoms with Crippen LogP contribution in [0.1, 0.15) is 18.1 Å². The summed E-state index contributed by atoms with van der Waals surface area (Å²) in [6, 6.07) is 5.96. The van der Waals surface area contributed by atoms with E-state index in [2.05, 4.69) is 27.6 Å². The summed E-state index contributed by atoms with van der Waals surface area (Å²) in [7, 11) is 3.29. The summed E-state index contributed by atoms with van der Waals surface area (Å²) in [4.78, 5) is 4.64. The Morgan fingerprint density at radius 2 is 1.96 bits per heavy atom. The molecule has 0 fully saturated rings. The summed E-state index contributed by atoms with van der Waals surface area (Å²) in [5.74, 6) is 2.30. The van der Waals surface area contributed by atoms with Crippen LogP contribution < -0.4 is 20.1 Å². The van der Waals surface area contributed by atoms with Crippen LogP contribution in [0.25, 0.3) is 0 Å². The number of aromatic nitrogens is 2. The Morgan fingerprint density at radius 1 is 1.19 bits per heavy atom. The van der Waals surface area contributed by atoms with E-state index in [9.17, 15) is 0 Å². The average molecular weight is 487 g/mol. The second-order valence-electron chi connectivity index (χ2n) is 5.91. The number of guanidine groups is 1. The number of aliphatic imine (C=N–C) groups is 1. The zero-order valence-corrected chi connectivity index (χ0v) is 18.8. The van der Waals surface area contributed by atoms with Gasteiger partial charge in [-0.15, -0.1) is 24.0 Å². The van der Waals surface area contributed by atoms with Crippen LogP contribution >= 0.6 is 24.0 Å². The molecule has 1 aromatic heterocycles. The number of rotatable bonds is 9. The Kier molecular flexibility index (Phi) is 10.6. The van der Waals surface area contributed by atoms with Gasteiger partial charge in [0.2, 0.25) is 0 Å². The number of ether oxygens (including phenoxy) is 2. The topological polar surface area (TPSA) is 72.7 Å². The summed E-state index contributed by atoms with van der Waals surface area (Å²) in [5.41, 5.74) is 2.33. The molecule has 0 amide bonds. The van der Waals surface area contributed by atoms with Crippen LogP contribution in [-0.2, 0) is 13.0 Å². The molecule has 0 radical (unpaired) electrons. The number of hydrogen-bond acceptors (Lipinski definition) is 4. The molecule has 2 N–H and O–H groups in total. The molecule has 0 saturated heterocycles. The third kappa shape index (κ3) is 7.66. The van der Waals surface area contributed by atoms with Gasteiger partial charge < -0.3 is 20.1 Å². The maximum atomic E-state index is 5.35. The van der Waals surface area contributed by atoms with Gasteiger partial charge in [-0.2, -0.15) is 5.10 Å². The van der Waals surface area contributed by atoms with E-state index in [1.807, 2.05) is 42.2 Å². The Balaban J connectivity index is 0.00000364. The fourth-order valence-corrected chi connectivity index (χ4v) is 2.55. The monoisotopic (exact) mass is 487 g/mol. The van der Waals surface area contributed by atoms with E-state index in [-0.39, 0.29) is 24.0 Å². The minimum Gasteiger partial charge on any atom is -0.493 e. The van der Waals surface area contributed by atoms with Gasteiger partial charge in [0, 0.05) is 25.8 Å². The summed E-state index contributed by atoms with van der Waals surface area (Å²) >= 11 is 0. The van der Waals surface area contributed by atoms with Crippen molar-refractivity contribution in [3.63, 3.8) is 0 Å². The van der Waals surface area contributed by atoms with E-state index in [1.54, 1.807) is 14.2 Å². The molecule has 7 nitrogen and oxygen atoms in total. The molecular formula is C19H30IN5O2. The summed E-state index contributed by atoms with van der Waals surface area (Å²) in [6.07, 6.45) is 4.72. The minimum absolute atomic E-state index is 0. The van der Waals surface area contributed by atoms with Crippen molar-refractivity contribution in [1.82, 2.24) is 20.4 Å². The van der Waals surface area contributed by atoms with Crippen LogP contribution in [0.15, 0.2) is 35.6 Å². The van der Waals surface area contributed by atoms with Gasteiger partial charge in [0.15, 0.2) is 17.5 Å². The molecule has 0 atom stereocenters. The van der Waals surface area contributed by atoms with E-state index in [0.717, 1.165) is 49.1 Å². The Hall–Kier alpha value is -1.97. The molecule has 0 aliphatic rings. The standard InChI is InChI=1S/C19H29N5O2.HI/c1-5-20-19(22-10-11-24-14-15(2)13-23-24)21-9-8-16-6-7-17(25-3)18(12-16)26-4;/h6-7,12-14H,5,8-11H2,1-4H3,(H2,20,21,22);1H. The zero-order valence-electron chi connectivity index (χ0n) is 16.5. The quantitative estimate of drug-likeness (QED) is 0.323. The van der Waals surface area contributed by atoms with Crippen molar-refractivity contribution in [2.75, 3.05) is 33.9 Å². The molecule has 8 heteroatoms. The minimum atomic E-state index is 0. The molecule has 1 aromatic carbocycles. The van der Waals surface area contributed by atoms with Crippen molar-refractivity contribution in [1.29, 1.82) is 0 Å². The highest BCUT2D eigenvalue weighted by Gasteiger charge is 2.04. The van der Waals surface area contributed by atoms with Crippen LogP contribution in [-0.4, -0.2) is 49.6 Å². The summed E-state index contributed by atoms with van der Waals surface area (Å²) < 4.78 is 12.5. The van der Waals surface area contributed by atoms with Crippen LogP contribution in [0, 0.1) is 6.92 Å². The largest absolute Gasteiger partial charge is 0.493 e. The second-order valence-corrected chi connectivity index (χ2v) is 5.91. The van der Waals surface area contributed by atoms with Gasteiger partial charge in [-0.25, -0.2) is 0 Å². The lowest BCUT2D eigenvalue weighted by atomic mass is 10.1. The molecule has 0 bridgehead atoms. The van der Waals surface area contributed by atoms with Crippen molar-refractivity contribution >= 4 is 29.9 Å². The number of nitrogens with one attached hydrogen (secondary N) is 2. The molecule has 2 aromatic rings. The molecule has 0 spiro atoms. The fraction of sp³-hybridized carbons (Fsp3) is 0.474. The van der Waals surface area contributed by atoms with E-state index < -0.39 is 0 Å². The first-order valence-electron chi connectivity index (χ1n) is 8.88. The lowest BCUT2D eigenvalue weighted by Gasteiger charge is -2.12. The van der Waals surface area contributed by atoms with Crippen LogP contribution in [0.2, 0.25) is 0 Å². The maximum absolute atomic E-state index is 5.35. The predicted molar refractivity (Wildman–Crippen MR) is 120 cm³/mol. The first-order valence-corrected chi connectivity index (χ1v) is 8.88. The number of hydrogen-bond donors (Lipinski definition) is 2. The molecule has 0 aliphatic heterocycles.